The summed E-state index contributed by atoms with van der Waals surface area (Å²) in [5.41, 5.74) is 2.26. The molecule has 1 aliphatic rings. The largest absolute Gasteiger partial charge is 0.377 e. The number of aliphatic hydroxyl groups is 1. The van der Waals surface area contributed by atoms with Gasteiger partial charge in [0, 0.05) is 30.0 Å². The fraction of sp³-hybridized carbons (Fsp3) is 0.286. The molecule has 0 radical (unpaired) electrons. The van der Waals surface area contributed by atoms with Crippen molar-refractivity contribution in [1.29, 1.82) is 0 Å². The van der Waals surface area contributed by atoms with Gasteiger partial charge in [-0.25, -0.2) is 0 Å². The summed E-state index contributed by atoms with van der Waals surface area (Å²) in [6, 6.07) is 30.9. The molecule has 3 aromatic rings. The first-order valence-electron chi connectivity index (χ1n) is 10.9. The molecule has 1 fully saturated rings. The highest BCUT2D eigenvalue weighted by Crippen LogP contribution is 2.45. The number of nitrogens with one attached hydrogen (secondary N) is 1. The van der Waals surface area contributed by atoms with E-state index in [2.05, 4.69) is 72.6 Å². The van der Waals surface area contributed by atoms with Crippen molar-refractivity contribution in [3.8, 4) is 11.8 Å². The van der Waals surface area contributed by atoms with Gasteiger partial charge in [-0.2, -0.15) is 0 Å². The molecule has 2 N–H and O–H groups in total. The third-order valence-electron chi connectivity index (χ3n) is 6.07. The van der Waals surface area contributed by atoms with Gasteiger partial charge in [0.25, 0.3) is 0 Å². The standard InChI is InChI=1S/C28H29NO/c1-2-12-25-27(24-17-10-5-11-18-24)29-26(23-15-8-4-9-16-23)21-28(25,30)20-19-22-13-6-3-7-14-22/h3-11,13-18,25-27,29-30H,2,12,21H2,1H3/t25-,26-,27-,28+/m1/s1. The maximum absolute atomic E-state index is 12.0. The van der Waals surface area contributed by atoms with E-state index in [-0.39, 0.29) is 18.0 Å². The predicted molar refractivity (Wildman–Crippen MR) is 123 cm³/mol. The van der Waals surface area contributed by atoms with Gasteiger partial charge < -0.3 is 10.4 Å². The molecule has 0 bridgehead atoms. The van der Waals surface area contributed by atoms with Gasteiger partial charge in [0.05, 0.1) is 0 Å². The third-order valence-corrected chi connectivity index (χ3v) is 6.07. The zero-order valence-electron chi connectivity index (χ0n) is 17.5. The van der Waals surface area contributed by atoms with E-state index >= 15 is 0 Å². The SMILES string of the molecule is CCC[C@@H]1[C@@H](c2ccccc2)N[C@@H](c2ccccc2)C[C@@]1(O)C#Cc1ccccc1. The topological polar surface area (TPSA) is 32.3 Å². The molecule has 1 aliphatic heterocycles. The second-order valence-corrected chi connectivity index (χ2v) is 8.16. The van der Waals surface area contributed by atoms with E-state index in [1.165, 1.54) is 11.1 Å². The van der Waals surface area contributed by atoms with Crippen LogP contribution in [-0.4, -0.2) is 10.7 Å². The minimum atomic E-state index is -1.07. The van der Waals surface area contributed by atoms with Crippen LogP contribution in [0, 0.1) is 17.8 Å². The van der Waals surface area contributed by atoms with Crippen LogP contribution in [0.15, 0.2) is 91.0 Å². The number of hydrogen-bond acceptors (Lipinski definition) is 2. The molecule has 4 rings (SSSR count). The van der Waals surface area contributed by atoms with E-state index in [0.717, 1.165) is 18.4 Å². The molecule has 0 aromatic heterocycles. The van der Waals surface area contributed by atoms with Crippen molar-refractivity contribution < 1.29 is 5.11 Å². The van der Waals surface area contributed by atoms with Crippen molar-refractivity contribution in [2.75, 3.05) is 0 Å². The van der Waals surface area contributed by atoms with E-state index in [0.29, 0.717) is 6.42 Å². The quantitative estimate of drug-likeness (QED) is 0.559. The minimum Gasteiger partial charge on any atom is -0.377 e. The molecule has 30 heavy (non-hydrogen) atoms. The highest BCUT2D eigenvalue weighted by molar-refractivity contribution is 5.38. The van der Waals surface area contributed by atoms with Crippen molar-refractivity contribution in [2.24, 2.45) is 5.92 Å². The van der Waals surface area contributed by atoms with Gasteiger partial charge in [-0.1, -0.05) is 104 Å². The summed E-state index contributed by atoms with van der Waals surface area (Å²) in [6.07, 6.45) is 2.49. The Morgan fingerprint density at radius 2 is 1.43 bits per heavy atom. The summed E-state index contributed by atoms with van der Waals surface area (Å²) < 4.78 is 0. The Bertz CT molecular complexity index is 990. The van der Waals surface area contributed by atoms with Crippen LogP contribution in [0.2, 0.25) is 0 Å². The van der Waals surface area contributed by atoms with Gasteiger partial charge in [-0.3, -0.25) is 0 Å². The highest BCUT2D eigenvalue weighted by Gasteiger charge is 2.47. The Balaban J connectivity index is 1.77. The average molecular weight is 396 g/mol. The van der Waals surface area contributed by atoms with Gasteiger partial charge in [-0.05, 0) is 29.7 Å². The Labute approximate surface area is 180 Å². The molecule has 0 amide bonds. The van der Waals surface area contributed by atoms with Crippen LogP contribution in [0.25, 0.3) is 0 Å². The van der Waals surface area contributed by atoms with E-state index < -0.39 is 5.60 Å². The molecule has 0 unspecified atom stereocenters. The minimum absolute atomic E-state index is 0.0149. The molecule has 0 spiro atoms. The van der Waals surface area contributed by atoms with Crippen LogP contribution in [-0.2, 0) is 0 Å². The summed E-state index contributed by atoms with van der Waals surface area (Å²) in [6.45, 7) is 2.18. The second kappa shape index (κ2) is 9.30. The predicted octanol–water partition coefficient (Wildman–Crippen LogP) is 5.66. The van der Waals surface area contributed by atoms with E-state index in [4.69, 9.17) is 0 Å². The number of hydrogen-bond donors (Lipinski definition) is 2. The first-order valence-corrected chi connectivity index (χ1v) is 10.9. The summed E-state index contributed by atoms with van der Waals surface area (Å²) in [7, 11) is 0. The highest BCUT2D eigenvalue weighted by atomic mass is 16.3. The van der Waals surface area contributed by atoms with Crippen LogP contribution < -0.4 is 5.32 Å². The lowest BCUT2D eigenvalue weighted by atomic mass is 9.69. The van der Waals surface area contributed by atoms with E-state index in [1.54, 1.807) is 0 Å². The van der Waals surface area contributed by atoms with Crippen LogP contribution in [0.5, 0.6) is 0 Å². The molecule has 152 valence electrons. The van der Waals surface area contributed by atoms with Crippen molar-refractivity contribution in [3.63, 3.8) is 0 Å². The molecule has 0 aliphatic carbocycles. The fourth-order valence-electron chi connectivity index (χ4n) is 4.58. The van der Waals surface area contributed by atoms with Crippen molar-refractivity contribution >= 4 is 0 Å². The van der Waals surface area contributed by atoms with Crippen molar-refractivity contribution in [1.82, 2.24) is 5.32 Å². The molecule has 0 saturated carbocycles. The summed E-state index contributed by atoms with van der Waals surface area (Å²) in [4.78, 5) is 0. The molecule has 2 heteroatoms. The zero-order valence-corrected chi connectivity index (χ0v) is 17.5. The summed E-state index contributed by atoms with van der Waals surface area (Å²) in [5.74, 6) is 6.59. The van der Waals surface area contributed by atoms with Crippen molar-refractivity contribution in [3.05, 3.63) is 108 Å². The van der Waals surface area contributed by atoms with Gasteiger partial charge >= 0.3 is 0 Å². The van der Waals surface area contributed by atoms with Crippen molar-refractivity contribution in [2.45, 2.75) is 43.9 Å². The smallest absolute Gasteiger partial charge is 0.132 e. The zero-order chi connectivity index (χ0) is 20.8. The molecule has 1 saturated heterocycles. The second-order valence-electron chi connectivity index (χ2n) is 8.16. The van der Waals surface area contributed by atoms with Gasteiger partial charge in [0.1, 0.15) is 5.60 Å². The lowest BCUT2D eigenvalue weighted by molar-refractivity contribution is -0.0317. The lowest BCUT2D eigenvalue weighted by Crippen LogP contribution is -2.52. The first-order chi connectivity index (χ1) is 14.7. The number of rotatable bonds is 4. The monoisotopic (exact) mass is 395 g/mol. The Morgan fingerprint density at radius 1 is 0.867 bits per heavy atom. The molecule has 4 atom stereocenters. The maximum Gasteiger partial charge on any atom is 0.132 e. The Kier molecular flexibility index (Phi) is 6.33. The van der Waals surface area contributed by atoms with Crippen LogP contribution in [0.4, 0.5) is 0 Å². The molecule has 1 heterocycles. The van der Waals surface area contributed by atoms with Crippen LogP contribution >= 0.6 is 0 Å². The molecular weight excluding hydrogens is 366 g/mol. The Hall–Kier alpha value is -2.86. The van der Waals surface area contributed by atoms with Crippen LogP contribution in [0.1, 0.15) is 55.0 Å². The maximum atomic E-state index is 12.0. The lowest BCUT2D eigenvalue weighted by Gasteiger charge is -2.46. The number of piperidine rings is 1. The average Bonchev–Trinajstić information content (AvgIpc) is 2.81. The fourth-order valence-corrected chi connectivity index (χ4v) is 4.58. The summed E-state index contributed by atoms with van der Waals surface area (Å²) in [5, 5.41) is 15.8. The van der Waals surface area contributed by atoms with E-state index in [1.807, 2.05) is 42.5 Å². The van der Waals surface area contributed by atoms with Gasteiger partial charge in [0.2, 0.25) is 0 Å². The first kappa shape index (κ1) is 20.4. The molecular formula is C28H29NO. The van der Waals surface area contributed by atoms with Gasteiger partial charge in [-0.15, -0.1) is 0 Å². The van der Waals surface area contributed by atoms with E-state index in [9.17, 15) is 5.11 Å². The van der Waals surface area contributed by atoms with Crippen LogP contribution in [0.3, 0.4) is 0 Å². The number of benzene rings is 3. The molecule has 3 aromatic carbocycles. The van der Waals surface area contributed by atoms with Gasteiger partial charge in [0.15, 0.2) is 0 Å². The molecule has 2 nitrogen and oxygen atoms in total. The normalized spacial score (nSPS) is 25.9. The summed E-state index contributed by atoms with van der Waals surface area (Å²) >= 11 is 0. The Morgan fingerprint density at radius 3 is 2.03 bits per heavy atom. The third kappa shape index (κ3) is 4.49.